The molecule has 0 N–H and O–H groups in total. The molecule has 2 aromatic carbocycles. The SMILES string of the molecule is CC(=NOCc1ccc(C(F)(F)F)cc1)c1ccc(C(F)(F)F)cc1C(F)(F)F. The molecule has 0 amide bonds. The summed E-state index contributed by atoms with van der Waals surface area (Å²) in [6.45, 7) is 0.752. The summed E-state index contributed by atoms with van der Waals surface area (Å²) in [6.07, 6.45) is -14.5. The maximum Gasteiger partial charge on any atom is 0.417 e. The second-order valence-corrected chi connectivity index (χ2v) is 5.90. The Morgan fingerprint density at radius 2 is 1.28 bits per heavy atom. The summed E-state index contributed by atoms with van der Waals surface area (Å²) in [5, 5.41) is 3.44. The molecule has 0 bridgehead atoms. The van der Waals surface area contributed by atoms with Crippen molar-refractivity contribution in [2.75, 3.05) is 0 Å². The average Bonchev–Trinajstić information content (AvgIpc) is 2.59. The molecule has 0 fully saturated rings. The highest BCUT2D eigenvalue weighted by Crippen LogP contribution is 2.37. The summed E-state index contributed by atoms with van der Waals surface area (Å²) in [5.74, 6) is 0. The van der Waals surface area contributed by atoms with Crippen LogP contribution >= 0.6 is 0 Å². The van der Waals surface area contributed by atoms with Gasteiger partial charge in [-0.05, 0) is 36.8 Å². The number of benzene rings is 2. The van der Waals surface area contributed by atoms with Gasteiger partial charge in [0.05, 0.1) is 22.4 Å². The molecule has 2 nitrogen and oxygen atoms in total. The molecular weight excluding hydrogens is 417 g/mol. The fraction of sp³-hybridized carbons (Fsp3) is 0.278. The van der Waals surface area contributed by atoms with E-state index in [1.807, 2.05) is 0 Å². The summed E-state index contributed by atoms with van der Waals surface area (Å²) in [4.78, 5) is 4.84. The lowest BCUT2D eigenvalue weighted by Gasteiger charge is -2.15. The third kappa shape index (κ3) is 5.88. The minimum absolute atomic E-state index is 0.0236. The van der Waals surface area contributed by atoms with Gasteiger partial charge >= 0.3 is 18.5 Å². The van der Waals surface area contributed by atoms with E-state index in [2.05, 4.69) is 5.16 Å². The zero-order valence-corrected chi connectivity index (χ0v) is 14.5. The van der Waals surface area contributed by atoms with Gasteiger partial charge in [-0.1, -0.05) is 23.4 Å². The van der Waals surface area contributed by atoms with Crippen molar-refractivity contribution < 1.29 is 44.4 Å². The molecule has 0 atom stereocenters. The van der Waals surface area contributed by atoms with Gasteiger partial charge in [0.2, 0.25) is 0 Å². The van der Waals surface area contributed by atoms with Crippen molar-refractivity contribution in [3.63, 3.8) is 0 Å². The van der Waals surface area contributed by atoms with E-state index in [4.69, 9.17) is 4.84 Å². The predicted molar refractivity (Wildman–Crippen MR) is 84.9 cm³/mol. The van der Waals surface area contributed by atoms with E-state index >= 15 is 0 Å². The van der Waals surface area contributed by atoms with Crippen molar-refractivity contribution in [1.82, 2.24) is 0 Å². The van der Waals surface area contributed by atoms with Crippen LogP contribution in [-0.2, 0) is 30.0 Å². The quantitative estimate of drug-likeness (QED) is 0.302. The smallest absolute Gasteiger partial charge is 0.391 e. The number of oxime groups is 1. The molecule has 0 radical (unpaired) electrons. The summed E-state index contributed by atoms with van der Waals surface area (Å²) in [6, 6.07) is 4.90. The number of alkyl halides is 9. The van der Waals surface area contributed by atoms with Gasteiger partial charge in [-0.15, -0.1) is 0 Å². The molecule has 0 unspecified atom stereocenters. The number of nitrogens with zero attached hydrogens (tertiary/aromatic N) is 1. The van der Waals surface area contributed by atoms with Gasteiger partial charge in [-0.25, -0.2) is 0 Å². The largest absolute Gasteiger partial charge is 0.417 e. The lowest BCUT2D eigenvalue weighted by Crippen LogP contribution is -2.15. The molecule has 0 aliphatic heterocycles. The molecule has 0 saturated heterocycles. The lowest BCUT2D eigenvalue weighted by atomic mass is 10.00. The molecule has 0 saturated carbocycles. The van der Waals surface area contributed by atoms with Gasteiger partial charge in [-0.3, -0.25) is 0 Å². The van der Waals surface area contributed by atoms with Crippen LogP contribution in [-0.4, -0.2) is 5.71 Å². The van der Waals surface area contributed by atoms with E-state index in [9.17, 15) is 39.5 Å². The topological polar surface area (TPSA) is 21.6 Å². The van der Waals surface area contributed by atoms with E-state index in [0.717, 1.165) is 31.2 Å². The molecule has 2 aromatic rings. The first-order chi connectivity index (χ1) is 13.2. The van der Waals surface area contributed by atoms with Gasteiger partial charge < -0.3 is 4.84 Å². The fourth-order valence-electron chi connectivity index (χ4n) is 2.31. The van der Waals surface area contributed by atoms with Gasteiger partial charge in [0.15, 0.2) is 0 Å². The molecular formula is C18H12F9NO. The highest BCUT2D eigenvalue weighted by Gasteiger charge is 2.38. The van der Waals surface area contributed by atoms with E-state index in [1.54, 1.807) is 0 Å². The predicted octanol–water partition coefficient (Wildman–Crippen LogP) is 6.68. The normalized spacial score (nSPS) is 13.5. The van der Waals surface area contributed by atoms with E-state index in [0.29, 0.717) is 12.1 Å². The van der Waals surface area contributed by atoms with E-state index in [1.165, 1.54) is 0 Å². The Kier molecular flexibility index (Phi) is 6.19. The minimum Gasteiger partial charge on any atom is -0.391 e. The van der Waals surface area contributed by atoms with Crippen LogP contribution in [0, 0.1) is 0 Å². The standard InChI is InChI=1S/C18H12F9NO/c1-10(28-29-9-11-2-4-12(5-3-11)16(19,20)21)14-7-6-13(17(22,23)24)8-15(14)18(25,26)27/h2-8H,9H2,1H3. The van der Waals surface area contributed by atoms with Crippen molar-refractivity contribution in [2.24, 2.45) is 5.16 Å². The van der Waals surface area contributed by atoms with E-state index < -0.39 is 40.8 Å². The van der Waals surface area contributed by atoms with E-state index in [-0.39, 0.29) is 23.9 Å². The van der Waals surface area contributed by atoms with Crippen LogP contribution in [0.1, 0.15) is 34.7 Å². The molecule has 11 heteroatoms. The summed E-state index contributed by atoms with van der Waals surface area (Å²) in [5.41, 5.74) is -4.59. The highest BCUT2D eigenvalue weighted by molar-refractivity contribution is 5.99. The third-order valence-electron chi connectivity index (χ3n) is 3.76. The molecule has 2 rings (SSSR count). The lowest BCUT2D eigenvalue weighted by molar-refractivity contribution is -0.143. The minimum atomic E-state index is -5.07. The number of halogens is 9. The monoisotopic (exact) mass is 429 g/mol. The van der Waals surface area contributed by atoms with Crippen molar-refractivity contribution in [2.45, 2.75) is 32.1 Å². The van der Waals surface area contributed by atoms with Crippen molar-refractivity contribution in [1.29, 1.82) is 0 Å². The van der Waals surface area contributed by atoms with Gasteiger partial charge in [0.25, 0.3) is 0 Å². The summed E-state index contributed by atoms with van der Waals surface area (Å²) >= 11 is 0. The Hall–Kier alpha value is -2.72. The average molecular weight is 429 g/mol. The first-order valence-corrected chi connectivity index (χ1v) is 7.81. The van der Waals surface area contributed by atoms with Crippen LogP contribution in [0.25, 0.3) is 0 Å². The number of hydrogen-bond acceptors (Lipinski definition) is 2. The highest BCUT2D eigenvalue weighted by atomic mass is 19.4. The maximum atomic E-state index is 13.1. The zero-order chi connectivity index (χ0) is 22.0. The first kappa shape index (κ1) is 22.6. The maximum absolute atomic E-state index is 13.1. The van der Waals surface area contributed by atoms with Crippen LogP contribution in [0.15, 0.2) is 47.6 Å². The number of rotatable bonds is 4. The van der Waals surface area contributed by atoms with Crippen LogP contribution < -0.4 is 0 Å². The Labute approximate surface area is 158 Å². The van der Waals surface area contributed by atoms with Crippen molar-refractivity contribution >= 4 is 5.71 Å². The Bertz CT molecular complexity index is 878. The van der Waals surface area contributed by atoms with Crippen LogP contribution in [0.2, 0.25) is 0 Å². The summed E-state index contributed by atoms with van der Waals surface area (Å²) < 4.78 is 115. The van der Waals surface area contributed by atoms with Crippen LogP contribution in [0.3, 0.4) is 0 Å². The van der Waals surface area contributed by atoms with Crippen molar-refractivity contribution in [3.8, 4) is 0 Å². The molecule has 0 aliphatic carbocycles. The second kappa shape index (κ2) is 7.96. The van der Waals surface area contributed by atoms with Crippen molar-refractivity contribution in [3.05, 3.63) is 70.3 Å². The summed E-state index contributed by atoms with van der Waals surface area (Å²) in [7, 11) is 0. The third-order valence-corrected chi connectivity index (χ3v) is 3.76. The number of hydrogen-bond donors (Lipinski definition) is 0. The molecule has 0 aromatic heterocycles. The van der Waals surface area contributed by atoms with Gasteiger partial charge in [0.1, 0.15) is 6.61 Å². The van der Waals surface area contributed by atoms with Gasteiger partial charge in [-0.2, -0.15) is 39.5 Å². The molecule has 0 spiro atoms. The molecule has 0 heterocycles. The Morgan fingerprint density at radius 1 is 0.759 bits per heavy atom. The molecule has 0 aliphatic rings. The second-order valence-electron chi connectivity index (χ2n) is 5.90. The zero-order valence-electron chi connectivity index (χ0n) is 14.5. The Balaban J connectivity index is 2.21. The molecule has 29 heavy (non-hydrogen) atoms. The Morgan fingerprint density at radius 3 is 1.76 bits per heavy atom. The van der Waals surface area contributed by atoms with Crippen LogP contribution in [0.5, 0.6) is 0 Å². The van der Waals surface area contributed by atoms with Gasteiger partial charge in [0, 0.05) is 5.56 Å². The van der Waals surface area contributed by atoms with Crippen LogP contribution in [0.4, 0.5) is 39.5 Å². The molecule has 158 valence electrons. The first-order valence-electron chi connectivity index (χ1n) is 7.81. The fourth-order valence-corrected chi connectivity index (χ4v) is 2.31.